The predicted molar refractivity (Wildman–Crippen MR) is 155 cm³/mol. The van der Waals surface area contributed by atoms with E-state index >= 15 is 0 Å². The Kier molecular flexibility index (Phi) is 6.96. The first kappa shape index (κ1) is 29.4. The molecule has 0 bridgehead atoms. The van der Waals surface area contributed by atoms with Crippen molar-refractivity contribution in [2.24, 2.45) is 11.7 Å². The van der Waals surface area contributed by atoms with Gasteiger partial charge in [0.25, 0.3) is 11.8 Å². The van der Waals surface area contributed by atoms with Crippen molar-refractivity contribution in [3.05, 3.63) is 64.7 Å². The van der Waals surface area contributed by atoms with Crippen LogP contribution in [0.1, 0.15) is 34.6 Å². The van der Waals surface area contributed by atoms with Gasteiger partial charge in [0.1, 0.15) is 0 Å². The van der Waals surface area contributed by atoms with Gasteiger partial charge in [0, 0.05) is 23.7 Å². The summed E-state index contributed by atoms with van der Waals surface area (Å²) < 4.78 is 63.1. The van der Waals surface area contributed by atoms with Gasteiger partial charge in [0.2, 0.25) is 0 Å². The summed E-state index contributed by atoms with van der Waals surface area (Å²) in [4.78, 5) is 37.1. The summed E-state index contributed by atoms with van der Waals surface area (Å²) in [6.07, 6.45) is 1.07. The van der Waals surface area contributed by atoms with Gasteiger partial charge < -0.3 is 10.5 Å². The summed E-state index contributed by atoms with van der Waals surface area (Å²) in [5.74, 6) is -4.99. The van der Waals surface area contributed by atoms with Crippen molar-refractivity contribution in [1.82, 2.24) is 24.6 Å². The van der Waals surface area contributed by atoms with Crippen LogP contribution in [0, 0.1) is 5.92 Å². The van der Waals surface area contributed by atoms with Crippen LogP contribution in [0.25, 0.3) is 22.2 Å². The zero-order chi connectivity index (χ0) is 31.7. The fraction of sp³-hybridized carbons (Fsp3) is 0.367. The Balaban J connectivity index is 1.32. The van der Waals surface area contributed by atoms with Gasteiger partial charge in [-0.05, 0) is 55.0 Å². The Bertz CT molecular complexity index is 1840. The fourth-order valence-electron chi connectivity index (χ4n) is 5.85. The molecule has 0 atom stereocenters. The first-order chi connectivity index (χ1) is 21.4. The Labute approximate surface area is 258 Å². The number of rotatable bonds is 9. The summed E-state index contributed by atoms with van der Waals surface area (Å²) in [6.45, 7) is -0.365. The van der Waals surface area contributed by atoms with E-state index in [1.807, 2.05) is 0 Å². The molecule has 4 aromatic rings. The number of amides is 2. The number of pyridine rings is 2. The standard InChI is InChI=1S/C30H26ClF4N7O3/c31-18-4-5-19(37-11-18)13-41-22-6-3-17(10-23(22)45-30(34,35)28(41)44)24-20-12-38-42(8-7-40-14-29(32,33)15-40)27(20)39-21(9-16-1-2-16)25(24)26(36)43/h3-6,10-12,16H,1-2,7-9,13-15H2,(H2,36,43). The maximum Gasteiger partial charge on any atom is 0.482 e. The van der Waals surface area contributed by atoms with Gasteiger partial charge in [0.15, 0.2) is 11.4 Å². The molecule has 1 aliphatic carbocycles. The zero-order valence-corrected chi connectivity index (χ0v) is 24.4. The number of hydrogen-bond acceptors (Lipinski definition) is 7. The predicted octanol–water partition coefficient (Wildman–Crippen LogP) is 4.67. The Morgan fingerprint density at radius 3 is 2.53 bits per heavy atom. The van der Waals surface area contributed by atoms with E-state index in [2.05, 4.69) is 10.1 Å². The van der Waals surface area contributed by atoms with E-state index in [9.17, 15) is 27.2 Å². The monoisotopic (exact) mass is 643 g/mol. The number of benzene rings is 1. The minimum atomic E-state index is -4.17. The highest BCUT2D eigenvalue weighted by molar-refractivity contribution is 6.30. The first-order valence-electron chi connectivity index (χ1n) is 14.3. The number of nitrogens with zero attached hydrogens (tertiary/aromatic N) is 6. The van der Waals surface area contributed by atoms with E-state index in [4.69, 9.17) is 27.1 Å². The van der Waals surface area contributed by atoms with E-state index in [1.54, 1.807) is 15.6 Å². The van der Waals surface area contributed by atoms with Gasteiger partial charge in [0.05, 0.1) is 60.0 Å². The van der Waals surface area contributed by atoms with Crippen LogP contribution in [0.2, 0.25) is 5.02 Å². The summed E-state index contributed by atoms with van der Waals surface area (Å²) in [7, 11) is 0. The maximum absolute atomic E-state index is 14.9. The number of ether oxygens (including phenoxy) is 1. The third-order valence-electron chi connectivity index (χ3n) is 8.20. The van der Waals surface area contributed by atoms with E-state index in [0.29, 0.717) is 57.5 Å². The van der Waals surface area contributed by atoms with Crippen molar-refractivity contribution >= 4 is 40.1 Å². The lowest BCUT2D eigenvalue weighted by Crippen LogP contribution is -2.56. The van der Waals surface area contributed by atoms with E-state index in [1.165, 1.54) is 36.7 Å². The molecule has 3 aliphatic rings. The molecule has 2 fully saturated rings. The molecular formula is C30H26ClF4N7O3. The number of carbonyl (C=O) groups is 2. The van der Waals surface area contributed by atoms with Crippen LogP contribution < -0.4 is 15.4 Å². The van der Waals surface area contributed by atoms with Crippen LogP contribution in [-0.2, 0) is 24.3 Å². The molecular weight excluding hydrogens is 618 g/mol. The molecule has 5 heterocycles. The second-order valence-electron chi connectivity index (χ2n) is 11.7. The molecule has 0 unspecified atom stereocenters. The molecule has 45 heavy (non-hydrogen) atoms. The molecule has 15 heteroatoms. The number of aromatic nitrogens is 4. The van der Waals surface area contributed by atoms with Crippen molar-refractivity contribution in [3.8, 4) is 16.9 Å². The number of alkyl halides is 4. The Hall–Kier alpha value is -4.30. The number of nitrogens with two attached hydrogens (primary N) is 1. The molecule has 1 saturated carbocycles. The Morgan fingerprint density at radius 2 is 1.87 bits per heavy atom. The number of carbonyl (C=O) groups excluding carboxylic acids is 2. The minimum Gasteiger partial charge on any atom is -0.423 e. The highest BCUT2D eigenvalue weighted by Crippen LogP contribution is 2.45. The van der Waals surface area contributed by atoms with Gasteiger partial charge in [-0.3, -0.25) is 24.4 Å². The van der Waals surface area contributed by atoms with Crippen molar-refractivity contribution in [2.75, 3.05) is 24.5 Å². The lowest BCUT2D eigenvalue weighted by atomic mass is 9.93. The number of primary amides is 1. The van der Waals surface area contributed by atoms with Gasteiger partial charge in [-0.1, -0.05) is 17.7 Å². The largest absolute Gasteiger partial charge is 0.482 e. The average molecular weight is 644 g/mol. The SMILES string of the molecule is NC(=O)c1c(CC2CC2)nc2c(cnn2CCN2CC(F)(F)C2)c1-c1ccc2c(c1)OC(F)(F)C(=O)N2Cc1ccc(Cl)cn1. The van der Waals surface area contributed by atoms with Crippen LogP contribution in [0.5, 0.6) is 5.75 Å². The lowest BCUT2D eigenvalue weighted by Gasteiger charge is -2.38. The topological polar surface area (TPSA) is 119 Å². The highest BCUT2D eigenvalue weighted by Gasteiger charge is 2.51. The van der Waals surface area contributed by atoms with Gasteiger partial charge in [-0.15, -0.1) is 0 Å². The van der Waals surface area contributed by atoms with Gasteiger partial charge >= 0.3 is 12.0 Å². The molecule has 2 aliphatic heterocycles. The number of hydrogen-bond donors (Lipinski definition) is 1. The average Bonchev–Trinajstić information content (AvgIpc) is 3.70. The number of fused-ring (bicyclic) bond motifs is 2. The number of anilines is 1. The van der Waals surface area contributed by atoms with E-state index in [0.717, 1.165) is 17.7 Å². The van der Waals surface area contributed by atoms with Crippen molar-refractivity contribution in [2.45, 2.75) is 44.4 Å². The van der Waals surface area contributed by atoms with E-state index < -0.39 is 23.8 Å². The zero-order valence-electron chi connectivity index (χ0n) is 23.7. The molecule has 234 valence electrons. The Morgan fingerprint density at radius 1 is 1.09 bits per heavy atom. The summed E-state index contributed by atoms with van der Waals surface area (Å²) in [5.41, 5.74) is 7.96. The summed E-state index contributed by atoms with van der Waals surface area (Å²) in [5, 5.41) is 5.22. The van der Waals surface area contributed by atoms with Gasteiger partial charge in [-0.25, -0.2) is 18.4 Å². The third kappa shape index (κ3) is 5.56. The molecule has 1 aromatic carbocycles. The molecule has 7 rings (SSSR count). The minimum absolute atomic E-state index is 0.0811. The smallest absolute Gasteiger partial charge is 0.423 e. The van der Waals surface area contributed by atoms with E-state index in [-0.39, 0.29) is 43.2 Å². The van der Waals surface area contributed by atoms with Crippen molar-refractivity contribution in [1.29, 1.82) is 0 Å². The highest BCUT2D eigenvalue weighted by atomic mass is 35.5. The molecule has 3 aromatic heterocycles. The third-order valence-corrected chi connectivity index (χ3v) is 8.43. The second kappa shape index (κ2) is 10.7. The van der Waals surface area contributed by atoms with Crippen molar-refractivity contribution in [3.63, 3.8) is 0 Å². The fourth-order valence-corrected chi connectivity index (χ4v) is 5.96. The number of likely N-dealkylation sites (tertiary alicyclic amines) is 1. The number of halogens is 5. The molecule has 10 nitrogen and oxygen atoms in total. The molecule has 2 N–H and O–H groups in total. The molecule has 0 spiro atoms. The van der Waals surface area contributed by atoms with Crippen LogP contribution in [0.15, 0.2) is 42.7 Å². The summed E-state index contributed by atoms with van der Waals surface area (Å²) >= 11 is 5.90. The quantitative estimate of drug-likeness (QED) is 0.263. The maximum atomic E-state index is 14.9. The second-order valence-corrected chi connectivity index (χ2v) is 12.1. The van der Waals surface area contributed by atoms with Gasteiger partial charge in [-0.2, -0.15) is 13.9 Å². The van der Waals surface area contributed by atoms with Crippen LogP contribution in [0.3, 0.4) is 0 Å². The lowest BCUT2D eigenvalue weighted by molar-refractivity contribution is -0.193. The first-order valence-corrected chi connectivity index (χ1v) is 14.7. The van der Waals surface area contributed by atoms with Crippen LogP contribution >= 0.6 is 11.6 Å². The normalized spacial score (nSPS) is 18.9. The van der Waals surface area contributed by atoms with Crippen LogP contribution in [-0.4, -0.2) is 68.1 Å². The van der Waals surface area contributed by atoms with Crippen LogP contribution in [0.4, 0.5) is 23.2 Å². The molecule has 0 radical (unpaired) electrons. The van der Waals surface area contributed by atoms with Crippen molar-refractivity contribution < 1.29 is 31.9 Å². The molecule has 2 amide bonds. The molecule has 1 saturated heterocycles. The summed E-state index contributed by atoms with van der Waals surface area (Å²) in [6, 6.07) is 7.44.